The molecule has 180 valence electrons. The highest BCUT2D eigenvalue weighted by molar-refractivity contribution is 5.86. The molecule has 6 rings (SSSR count). The third-order valence-electron chi connectivity index (χ3n) is 8.67. The van der Waals surface area contributed by atoms with Gasteiger partial charge >= 0.3 is 0 Å². The van der Waals surface area contributed by atoms with E-state index < -0.39 is 0 Å². The zero-order chi connectivity index (χ0) is 23.4. The number of ether oxygens (including phenoxy) is 1. The van der Waals surface area contributed by atoms with Crippen molar-refractivity contribution in [3.63, 3.8) is 0 Å². The van der Waals surface area contributed by atoms with Crippen LogP contribution in [0.4, 0.5) is 0 Å². The van der Waals surface area contributed by atoms with Crippen LogP contribution in [0.2, 0.25) is 0 Å². The van der Waals surface area contributed by atoms with Gasteiger partial charge in [0, 0.05) is 41.8 Å². The van der Waals surface area contributed by atoms with Gasteiger partial charge in [-0.15, -0.1) is 0 Å². The van der Waals surface area contributed by atoms with Gasteiger partial charge in [-0.25, -0.2) is 0 Å². The molecule has 0 unspecified atom stereocenters. The number of hydrogen-bond acceptors (Lipinski definition) is 5. The normalized spacial score (nSPS) is 26.6. The maximum absolute atomic E-state index is 10.5. The molecule has 1 fully saturated rings. The Kier molecular flexibility index (Phi) is 5.46. The van der Waals surface area contributed by atoms with Crippen molar-refractivity contribution in [1.29, 1.82) is 0 Å². The maximum atomic E-state index is 10.5. The lowest BCUT2D eigenvalue weighted by molar-refractivity contribution is 0.0433. The first-order valence-corrected chi connectivity index (χ1v) is 12.8. The van der Waals surface area contributed by atoms with Crippen LogP contribution in [0, 0.1) is 11.8 Å². The van der Waals surface area contributed by atoms with E-state index in [1.165, 1.54) is 28.8 Å². The number of aromatic hydroxyl groups is 2. The second-order valence-corrected chi connectivity index (χ2v) is 10.4. The Morgan fingerprint density at radius 1 is 1.12 bits per heavy atom. The van der Waals surface area contributed by atoms with Crippen LogP contribution < -0.4 is 10.1 Å². The van der Waals surface area contributed by atoms with Gasteiger partial charge in [0.15, 0.2) is 11.5 Å². The van der Waals surface area contributed by atoms with Gasteiger partial charge in [0.05, 0.1) is 7.11 Å². The molecule has 2 aromatic carbocycles. The Bertz CT molecular complexity index is 1220. The standard InChI is InChI=1S/C28H35N3O3/c1-3-16-15-31-9-7-17-12-27(34-2)26(33)14-21(17)25(31)11-18(16)10-24-28-20(6-8-29-24)22-13-19(32)4-5-23(22)30-28/h4-5,12-14,16,18,24-25,29-30,32-33H,3,6-11,15H2,1-2H3/t16-,18-,24+,25-/m0/s1. The Hall–Kier alpha value is -2.70. The van der Waals surface area contributed by atoms with Crippen molar-refractivity contribution in [1.82, 2.24) is 15.2 Å². The molecule has 0 amide bonds. The number of piperidine rings is 1. The Morgan fingerprint density at radius 3 is 2.82 bits per heavy atom. The van der Waals surface area contributed by atoms with Gasteiger partial charge in [-0.05, 0) is 91.1 Å². The van der Waals surface area contributed by atoms with E-state index in [1.54, 1.807) is 13.2 Å². The van der Waals surface area contributed by atoms with Crippen molar-refractivity contribution >= 4 is 10.9 Å². The number of nitrogens with zero attached hydrogens (tertiary/aromatic N) is 1. The summed E-state index contributed by atoms with van der Waals surface area (Å²) in [6.45, 7) is 5.50. The molecular weight excluding hydrogens is 426 g/mol. The summed E-state index contributed by atoms with van der Waals surface area (Å²) in [5, 5.41) is 25.5. The molecule has 3 aliphatic rings. The van der Waals surface area contributed by atoms with Crippen molar-refractivity contribution in [2.75, 3.05) is 26.7 Å². The minimum absolute atomic E-state index is 0.247. The van der Waals surface area contributed by atoms with Crippen molar-refractivity contribution in [3.05, 3.63) is 52.7 Å². The number of hydrogen-bond donors (Lipinski definition) is 4. The third kappa shape index (κ3) is 3.55. The average molecular weight is 462 g/mol. The predicted octanol–water partition coefficient (Wildman–Crippen LogP) is 4.81. The highest BCUT2D eigenvalue weighted by atomic mass is 16.5. The SMILES string of the molecule is CC[C@H]1CN2CCc3cc(OC)c(O)cc3[C@@H]2C[C@@H]1C[C@H]1NCCc2c1[nH]c1ccc(O)cc21. The molecule has 4 N–H and O–H groups in total. The summed E-state index contributed by atoms with van der Waals surface area (Å²) in [7, 11) is 1.62. The van der Waals surface area contributed by atoms with E-state index in [-0.39, 0.29) is 5.75 Å². The van der Waals surface area contributed by atoms with Gasteiger partial charge in [0.1, 0.15) is 5.75 Å². The number of benzene rings is 2. The number of aromatic nitrogens is 1. The highest BCUT2D eigenvalue weighted by Crippen LogP contribution is 2.47. The molecule has 4 heterocycles. The summed E-state index contributed by atoms with van der Waals surface area (Å²) in [5.74, 6) is 2.43. The quantitative estimate of drug-likeness (QED) is 0.448. The Balaban J connectivity index is 1.30. The highest BCUT2D eigenvalue weighted by Gasteiger charge is 2.40. The summed E-state index contributed by atoms with van der Waals surface area (Å²) in [6, 6.07) is 10.3. The lowest BCUT2D eigenvalue weighted by Gasteiger charge is -2.48. The van der Waals surface area contributed by atoms with Crippen LogP contribution in [0.25, 0.3) is 10.9 Å². The molecule has 0 radical (unpaired) electrons. The number of phenolic OH excluding ortho intramolecular Hbond substituents is 2. The Morgan fingerprint density at radius 2 is 2.00 bits per heavy atom. The lowest BCUT2D eigenvalue weighted by atomic mass is 9.73. The van der Waals surface area contributed by atoms with E-state index >= 15 is 0 Å². The fourth-order valence-electron chi connectivity index (χ4n) is 6.91. The molecule has 3 aromatic rings. The molecule has 0 aliphatic carbocycles. The summed E-state index contributed by atoms with van der Waals surface area (Å²) in [5.41, 5.74) is 6.38. The van der Waals surface area contributed by atoms with Gasteiger partial charge in [-0.1, -0.05) is 13.3 Å². The van der Waals surface area contributed by atoms with Gasteiger partial charge in [0.2, 0.25) is 0 Å². The number of H-pyrrole nitrogens is 1. The van der Waals surface area contributed by atoms with Crippen LogP contribution in [-0.2, 0) is 12.8 Å². The topological polar surface area (TPSA) is 80.8 Å². The summed E-state index contributed by atoms with van der Waals surface area (Å²) in [4.78, 5) is 6.32. The minimum Gasteiger partial charge on any atom is -0.508 e. The van der Waals surface area contributed by atoms with Gasteiger partial charge in [-0.2, -0.15) is 0 Å². The second-order valence-electron chi connectivity index (χ2n) is 10.4. The molecule has 3 aliphatic heterocycles. The molecule has 1 saturated heterocycles. The number of nitrogens with one attached hydrogen (secondary N) is 2. The minimum atomic E-state index is 0.247. The van der Waals surface area contributed by atoms with E-state index in [1.807, 2.05) is 24.3 Å². The van der Waals surface area contributed by atoms with Crippen LogP contribution in [0.5, 0.6) is 17.2 Å². The largest absolute Gasteiger partial charge is 0.508 e. The van der Waals surface area contributed by atoms with Crippen LogP contribution in [0.1, 0.15) is 60.7 Å². The summed E-state index contributed by atoms with van der Waals surface area (Å²) >= 11 is 0. The van der Waals surface area contributed by atoms with Crippen molar-refractivity contribution < 1.29 is 14.9 Å². The number of aromatic amines is 1. The number of rotatable bonds is 4. The summed E-state index contributed by atoms with van der Waals surface area (Å²) in [6.07, 6.45) is 5.41. The van der Waals surface area contributed by atoms with Crippen molar-refractivity contribution in [2.45, 2.75) is 51.1 Å². The van der Waals surface area contributed by atoms with Gasteiger partial charge in [-0.3, -0.25) is 4.90 Å². The van der Waals surface area contributed by atoms with Crippen molar-refractivity contribution in [2.24, 2.45) is 11.8 Å². The lowest BCUT2D eigenvalue weighted by Crippen LogP contribution is -2.46. The molecule has 0 saturated carbocycles. The third-order valence-corrected chi connectivity index (χ3v) is 8.67. The number of phenols is 2. The predicted molar refractivity (Wildman–Crippen MR) is 134 cm³/mol. The van der Waals surface area contributed by atoms with Gasteiger partial charge < -0.3 is 25.3 Å². The second kappa shape index (κ2) is 8.51. The maximum Gasteiger partial charge on any atom is 0.160 e. The monoisotopic (exact) mass is 461 g/mol. The molecule has 4 atom stereocenters. The smallest absolute Gasteiger partial charge is 0.160 e. The summed E-state index contributed by atoms with van der Waals surface area (Å²) < 4.78 is 5.38. The number of fused-ring (bicyclic) bond motifs is 6. The fraction of sp³-hybridized carbons (Fsp3) is 0.500. The molecule has 0 bridgehead atoms. The first kappa shape index (κ1) is 21.8. The van der Waals surface area contributed by atoms with E-state index in [9.17, 15) is 10.2 Å². The molecule has 6 nitrogen and oxygen atoms in total. The van der Waals surface area contributed by atoms with Crippen LogP contribution in [-0.4, -0.2) is 46.8 Å². The van der Waals surface area contributed by atoms with Crippen LogP contribution >= 0.6 is 0 Å². The fourth-order valence-corrected chi connectivity index (χ4v) is 6.91. The van der Waals surface area contributed by atoms with E-state index in [0.29, 0.717) is 35.4 Å². The molecular formula is C28H35N3O3. The first-order chi connectivity index (χ1) is 16.6. The van der Waals surface area contributed by atoms with E-state index in [0.717, 1.165) is 56.2 Å². The Labute approximate surface area is 200 Å². The first-order valence-electron chi connectivity index (χ1n) is 12.8. The molecule has 34 heavy (non-hydrogen) atoms. The van der Waals surface area contributed by atoms with E-state index in [2.05, 4.69) is 22.1 Å². The number of methoxy groups -OCH3 is 1. The molecule has 6 heteroatoms. The van der Waals surface area contributed by atoms with Crippen molar-refractivity contribution in [3.8, 4) is 17.2 Å². The van der Waals surface area contributed by atoms with E-state index in [4.69, 9.17) is 4.74 Å². The average Bonchev–Trinajstić information content (AvgIpc) is 3.22. The molecule has 1 aromatic heterocycles. The van der Waals surface area contributed by atoms with Gasteiger partial charge in [0.25, 0.3) is 0 Å². The molecule has 0 spiro atoms. The van der Waals surface area contributed by atoms with Crippen LogP contribution in [0.15, 0.2) is 30.3 Å². The zero-order valence-electron chi connectivity index (χ0n) is 20.1. The zero-order valence-corrected chi connectivity index (χ0v) is 20.1. The van der Waals surface area contributed by atoms with Crippen LogP contribution in [0.3, 0.4) is 0 Å².